The lowest BCUT2D eigenvalue weighted by Gasteiger charge is -2.23. The number of nitrogens with zero attached hydrogens (tertiary/aromatic N) is 1. The number of aromatic amines is 1. The number of amides is 1. The lowest BCUT2D eigenvalue weighted by Crippen LogP contribution is -2.35. The number of carbonyl (C=O) groups excluding carboxylic acids is 1. The van der Waals surface area contributed by atoms with E-state index in [4.69, 9.17) is 0 Å². The Hall–Kier alpha value is -2.10. The molecular formula is C16H19N3O. The molecule has 0 radical (unpaired) electrons. The fraction of sp³-hybridized carbons (Fsp3) is 0.375. The molecule has 0 bridgehead atoms. The molecule has 1 atom stereocenters. The summed E-state index contributed by atoms with van der Waals surface area (Å²) >= 11 is 0. The Morgan fingerprint density at radius 2 is 2.20 bits per heavy atom. The molecule has 4 heteroatoms. The first-order valence-electron chi connectivity index (χ1n) is 7.14. The van der Waals surface area contributed by atoms with Crippen molar-refractivity contribution in [1.29, 1.82) is 0 Å². The van der Waals surface area contributed by atoms with Crippen molar-refractivity contribution in [3.63, 3.8) is 0 Å². The van der Waals surface area contributed by atoms with E-state index in [1.165, 1.54) is 11.1 Å². The highest BCUT2D eigenvalue weighted by Gasteiger charge is 2.23. The minimum Gasteiger partial charge on any atom is -0.355 e. The van der Waals surface area contributed by atoms with Crippen molar-refractivity contribution < 1.29 is 4.79 Å². The van der Waals surface area contributed by atoms with Crippen LogP contribution in [0.5, 0.6) is 0 Å². The summed E-state index contributed by atoms with van der Waals surface area (Å²) in [4.78, 5) is 19.2. The standard InChI is InChI=1S/C16H19N3O/c20-16(18-8-7-15-10-17-11-19-15)14-6-5-12-3-1-2-4-13(12)9-14/h1-4,10-11,14H,5-9H2,(H,17,19)(H,18,20). The third kappa shape index (κ3) is 2.90. The molecule has 1 heterocycles. The van der Waals surface area contributed by atoms with E-state index in [0.717, 1.165) is 31.4 Å². The van der Waals surface area contributed by atoms with Crippen LogP contribution in [-0.2, 0) is 24.1 Å². The summed E-state index contributed by atoms with van der Waals surface area (Å²) in [6.07, 6.45) is 7.08. The second-order valence-corrected chi connectivity index (χ2v) is 5.33. The van der Waals surface area contributed by atoms with Crippen molar-refractivity contribution in [1.82, 2.24) is 15.3 Å². The first kappa shape index (κ1) is 12.9. The number of aryl methyl sites for hydroxylation is 1. The number of hydrogen-bond donors (Lipinski definition) is 2. The first-order valence-corrected chi connectivity index (χ1v) is 7.14. The zero-order valence-corrected chi connectivity index (χ0v) is 11.4. The Labute approximate surface area is 118 Å². The first-order chi connectivity index (χ1) is 9.83. The number of hydrogen-bond acceptors (Lipinski definition) is 2. The van der Waals surface area contributed by atoms with Gasteiger partial charge < -0.3 is 10.3 Å². The van der Waals surface area contributed by atoms with Crippen LogP contribution in [0.4, 0.5) is 0 Å². The monoisotopic (exact) mass is 269 g/mol. The van der Waals surface area contributed by atoms with E-state index in [1.807, 2.05) is 0 Å². The van der Waals surface area contributed by atoms with E-state index in [9.17, 15) is 4.79 Å². The van der Waals surface area contributed by atoms with E-state index in [2.05, 4.69) is 39.6 Å². The molecule has 0 saturated carbocycles. The molecule has 1 unspecified atom stereocenters. The van der Waals surface area contributed by atoms with Crippen molar-refractivity contribution in [2.75, 3.05) is 6.54 Å². The molecule has 0 fully saturated rings. The second-order valence-electron chi connectivity index (χ2n) is 5.33. The summed E-state index contributed by atoms with van der Waals surface area (Å²) in [7, 11) is 0. The molecule has 1 aromatic carbocycles. The molecule has 0 spiro atoms. The Kier molecular flexibility index (Phi) is 3.81. The molecule has 4 nitrogen and oxygen atoms in total. The van der Waals surface area contributed by atoms with E-state index in [0.29, 0.717) is 6.54 Å². The predicted molar refractivity (Wildman–Crippen MR) is 77.3 cm³/mol. The topological polar surface area (TPSA) is 57.8 Å². The third-order valence-corrected chi connectivity index (χ3v) is 3.97. The summed E-state index contributed by atoms with van der Waals surface area (Å²) in [5.74, 6) is 0.297. The van der Waals surface area contributed by atoms with Crippen LogP contribution in [0.2, 0.25) is 0 Å². The van der Waals surface area contributed by atoms with Gasteiger partial charge >= 0.3 is 0 Å². The van der Waals surface area contributed by atoms with E-state index >= 15 is 0 Å². The zero-order chi connectivity index (χ0) is 13.8. The van der Waals surface area contributed by atoms with Crippen LogP contribution in [-0.4, -0.2) is 22.4 Å². The van der Waals surface area contributed by atoms with Gasteiger partial charge in [0.1, 0.15) is 0 Å². The minimum atomic E-state index is 0.117. The lowest BCUT2D eigenvalue weighted by atomic mass is 9.83. The maximum Gasteiger partial charge on any atom is 0.223 e. The van der Waals surface area contributed by atoms with Crippen molar-refractivity contribution in [3.8, 4) is 0 Å². The quantitative estimate of drug-likeness (QED) is 0.890. The highest BCUT2D eigenvalue weighted by Crippen LogP contribution is 2.25. The van der Waals surface area contributed by atoms with Gasteiger partial charge in [-0.2, -0.15) is 0 Å². The van der Waals surface area contributed by atoms with Gasteiger partial charge in [-0.3, -0.25) is 4.79 Å². The lowest BCUT2D eigenvalue weighted by molar-refractivity contribution is -0.125. The number of carbonyl (C=O) groups is 1. The molecule has 2 aromatic rings. The van der Waals surface area contributed by atoms with E-state index in [1.54, 1.807) is 12.5 Å². The van der Waals surface area contributed by atoms with Gasteiger partial charge in [0.2, 0.25) is 5.91 Å². The molecule has 2 N–H and O–H groups in total. The van der Waals surface area contributed by atoms with Crippen LogP contribution >= 0.6 is 0 Å². The molecule has 1 aliphatic carbocycles. The van der Waals surface area contributed by atoms with Crippen molar-refractivity contribution in [2.45, 2.75) is 25.7 Å². The van der Waals surface area contributed by atoms with Gasteiger partial charge in [0.05, 0.1) is 6.33 Å². The fourth-order valence-corrected chi connectivity index (χ4v) is 2.81. The highest BCUT2D eigenvalue weighted by atomic mass is 16.1. The molecule has 20 heavy (non-hydrogen) atoms. The largest absolute Gasteiger partial charge is 0.355 e. The number of imidazole rings is 1. The summed E-state index contributed by atoms with van der Waals surface area (Å²) in [6.45, 7) is 0.666. The van der Waals surface area contributed by atoms with Crippen LogP contribution in [0.3, 0.4) is 0 Å². The van der Waals surface area contributed by atoms with Gasteiger partial charge in [0, 0.05) is 30.8 Å². The number of aromatic nitrogens is 2. The van der Waals surface area contributed by atoms with Crippen LogP contribution < -0.4 is 5.32 Å². The average Bonchev–Trinajstić information content (AvgIpc) is 3.00. The van der Waals surface area contributed by atoms with Gasteiger partial charge in [-0.25, -0.2) is 4.98 Å². The van der Waals surface area contributed by atoms with Crippen LogP contribution in [0, 0.1) is 5.92 Å². The molecule has 1 aromatic heterocycles. The Balaban J connectivity index is 1.51. The second kappa shape index (κ2) is 5.90. The average molecular weight is 269 g/mol. The number of H-pyrrole nitrogens is 1. The van der Waals surface area contributed by atoms with E-state index in [-0.39, 0.29) is 11.8 Å². The fourth-order valence-electron chi connectivity index (χ4n) is 2.81. The maximum absolute atomic E-state index is 12.2. The van der Waals surface area contributed by atoms with Crippen LogP contribution in [0.25, 0.3) is 0 Å². The number of nitrogens with one attached hydrogen (secondary N) is 2. The summed E-state index contributed by atoms with van der Waals surface area (Å²) in [6, 6.07) is 8.43. The molecule has 3 rings (SSSR count). The predicted octanol–water partition coefficient (Wildman–Crippen LogP) is 1.87. The summed E-state index contributed by atoms with van der Waals surface area (Å²) in [5, 5.41) is 3.03. The highest BCUT2D eigenvalue weighted by molar-refractivity contribution is 5.79. The van der Waals surface area contributed by atoms with Crippen molar-refractivity contribution >= 4 is 5.91 Å². The Bertz CT molecular complexity index is 577. The third-order valence-electron chi connectivity index (χ3n) is 3.97. The van der Waals surface area contributed by atoms with Crippen LogP contribution in [0.1, 0.15) is 23.2 Å². The number of rotatable bonds is 4. The molecule has 1 amide bonds. The maximum atomic E-state index is 12.2. The minimum absolute atomic E-state index is 0.117. The van der Waals surface area contributed by atoms with E-state index < -0.39 is 0 Å². The van der Waals surface area contributed by atoms with Crippen molar-refractivity contribution in [3.05, 3.63) is 53.6 Å². The molecule has 104 valence electrons. The van der Waals surface area contributed by atoms with Gasteiger partial charge in [0.25, 0.3) is 0 Å². The Morgan fingerprint density at radius 1 is 1.35 bits per heavy atom. The molecule has 0 saturated heterocycles. The van der Waals surface area contributed by atoms with Gasteiger partial charge in [-0.15, -0.1) is 0 Å². The van der Waals surface area contributed by atoms with Crippen LogP contribution in [0.15, 0.2) is 36.8 Å². The van der Waals surface area contributed by atoms with Gasteiger partial charge in [-0.1, -0.05) is 24.3 Å². The number of benzene rings is 1. The Morgan fingerprint density at radius 3 is 3.00 bits per heavy atom. The summed E-state index contributed by atoms with van der Waals surface area (Å²) < 4.78 is 0. The molecule has 1 aliphatic rings. The number of fused-ring (bicyclic) bond motifs is 1. The zero-order valence-electron chi connectivity index (χ0n) is 11.4. The summed E-state index contributed by atoms with van der Waals surface area (Å²) in [5.41, 5.74) is 3.78. The normalized spacial score (nSPS) is 17.5. The smallest absolute Gasteiger partial charge is 0.223 e. The van der Waals surface area contributed by atoms with Gasteiger partial charge in [0.15, 0.2) is 0 Å². The molecular weight excluding hydrogens is 250 g/mol. The SMILES string of the molecule is O=C(NCCc1cnc[nH]1)C1CCc2ccccc2C1. The molecule has 0 aliphatic heterocycles. The van der Waals surface area contributed by atoms with Gasteiger partial charge in [-0.05, 0) is 30.4 Å². The van der Waals surface area contributed by atoms with Crippen molar-refractivity contribution in [2.24, 2.45) is 5.92 Å².